The largest absolute Gasteiger partial charge is 0.497 e. The van der Waals surface area contributed by atoms with Gasteiger partial charge in [0.25, 0.3) is 0 Å². The van der Waals surface area contributed by atoms with E-state index >= 15 is 4.79 Å². The third-order valence-corrected chi connectivity index (χ3v) is 13.5. The molecular weight excluding hydrogens is 859 g/mol. The zero-order valence-electron chi connectivity index (χ0n) is 39.2. The molecule has 66 heavy (non-hydrogen) atoms. The molecule has 0 radical (unpaired) electrons. The van der Waals surface area contributed by atoms with E-state index in [1.807, 2.05) is 0 Å². The molecule has 1 aliphatic heterocycles. The summed E-state index contributed by atoms with van der Waals surface area (Å²) < 4.78 is 41.5. The molecule has 2 aromatic rings. The van der Waals surface area contributed by atoms with E-state index in [0.717, 1.165) is 6.92 Å². The number of aliphatic hydroxyl groups excluding tert-OH is 2. The fourth-order valence-corrected chi connectivity index (χ4v) is 10.1. The van der Waals surface area contributed by atoms with Crippen molar-refractivity contribution in [2.75, 3.05) is 13.7 Å². The Hall–Kier alpha value is -5.62. The van der Waals surface area contributed by atoms with Crippen molar-refractivity contribution >= 4 is 35.8 Å². The third-order valence-electron chi connectivity index (χ3n) is 13.5. The Kier molecular flexibility index (Phi) is 13.8. The van der Waals surface area contributed by atoms with Crippen LogP contribution >= 0.6 is 0 Å². The van der Waals surface area contributed by atoms with Crippen LogP contribution in [0.3, 0.4) is 0 Å². The number of aliphatic hydroxyl groups is 3. The first kappa shape index (κ1) is 49.8. The smallest absolute Gasteiger partial charge is 0.408 e. The lowest BCUT2D eigenvalue weighted by Crippen LogP contribution is -2.82. The molecule has 17 nitrogen and oxygen atoms in total. The van der Waals surface area contributed by atoms with Crippen LogP contribution in [0.4, 0.5) is 4.79 Å². The molecule has 0 aromatic heterocycles. The highest BCUT2D eigenvalue weighted by atomic mass is 16.6. The number of alkyl carbamates (subject to hydrolysis) is 1. The van der Waals surface area contributed by atoms with Crippen molar-refractivity contribution in [2.24, 2.45) is 16.7 Å². The second-order valence-corrected chi connectivity index (χ2v) is 19.6. The van der Waals surface area contributed by atoms with E-state index in [1.54, 1.807) is 72.7 Å². The topological polar surface area (TPSA) is 240 Å². The van der Waals surface area contributed by atoms with E-state index in [0.29, 0.717) is 11.3 Å². The summed E-state index contributed by atoms with van der Waals surface area (Å²) in [6.45, 7) is 15.1. The van der Waals surface area contributed by atoms with E-state index in [-0.39, 0.29) is 35.3 Å². The summed E-state index contributed by atoms with van der Waals surface area (Å²) >= 11 is 0. The Bertz CT molecular complexity index is 2310. The number of carbonyl (C=O) groups excluding carboxylic acids is 6. The number of benzene rings is 2. The average molecular weight is 920 g/mol. The molecule has 1 heterocycles. The van der Waals surface area contributed by atoms with Crippen LogP contribution in [0.15, 0.2) is 77.4 Å². The number of amides is 1. The van der Waals surface area contributed by atoms with Gasteiger partial charge in [-0.2, -0.15) is 0 Å². The van der Waals surface area contributed by atoms with Crippen LogP contribution in [0.25, 0.3) is 0 Å². The second kappa shape index (κ2) is 18.2. The highest BCUT2D eigenvalue weighted by Crippen LogP contribution is 2.64. The lowest BCUT2D eigenvalue weighted by atomic mass is 9.44. The molecular formula is C49H61NO16. The minimum Gasteiger partial charge on any atom is -0.497 e. The Labute approximate surface area is 383 Å². The van der Waals surface area contributed by atoms with Crippen molar-refractivity contribution in [1.29, 1.82) is 0 Å². The summed E-state index contributed by atoms with van der Waals surface area (Å²) in [5, 5.41) is 40.2. The number of allylic oxidation sites excluding steroid dienone is 1. The first-order chi connectivity index (χ1) is 30.7. The van der Waals surface area contributed by atoms with Crippen LogP contribution in [-0.2, 0) is 42.8 Å². The monoisotopic (exact) mass is 919 g/mol. The molecule has 3 aliphatic carbocycles. The van der Waals surface area contributed by atoms with Crippen molar-refractivity contribution in [3.05, 3.63) is 88.5 Å². The predicted molar refractivity (Wildman–Crippen MR) is 234 cm³/mol. The quantitative estimate of drug-likeness (QED) is 0.135. The molecule has 2 bridgehead atoms. The summed E-state index contributed by atoms with van der Waals surface area (Å²) in [5.41, 5.74) is -8.37. The summed E-state index contributed by atoms with van der Waals surface area (Å²) in [7, 11) is 1.40. The number of methoxy groups -OCH3 is 1. The Morgan fingerprint density at radius 3 is 2.14 bits per heavy atom. The molecule has 358 valence electrons. The van der Waals surface area contributed by atoms with Gasteiger partial charge in [-0.25, -0.2) is 19.2 Å². The predicted octanol–water partition coefficient (Wildman–Crippen LogP) is 4.73. The third kappa shape index (κ3) is 8.97. The summed E-state index contributed by atoms with van der Waals surface area (Å²) in [6, 6.07) is 12.4. The maximum absolute atomic E-state index is 15.9. The van der Waals surface area contributed by atoms with Crippen molar-refractivity contribution in [3.63, 3.8) is 0 Å². The molecule has 11 atom stereocenters. The van der Waals surface area contributed by atoms with Crippen LogP contribution in [0.1, 0.15) is 103 Å². The average Bonchev–Trinajstić information content (AvgIpc) is 3.23. The number of hydrogen-bond acceptors (Lipinski definition) is 16. The number of fused-ring (bicyclic) bond motifs is 5. The number of Topliss-reactive ketones (excluding diaryl/α,β-unsaturated/α-hetero) is 1. The van der Waals surface area contributed by atoms with E-state index in [9.17, 15) is 39.3 Å². The molecule has 4 N–H and O–H groups in total. The zero-order valence-corrected chi connectivity index (χ0v) is 39.2. The number of rotatable bonds is 11. The Morgan fingerprint density at radius 2 is 1.56 bits per heavy atom. The lowest BCUT2D eigenvalue weighted by molar-refractivity contribution is -0.345. The normalized spacial score (nSPS) is 30.8. The van der Waals surface area contributed by atoms with Gasteiger partial charge in [0, 0.05) is 25.2 Å². The summed E-state index contributed by atoms with van der Waals surface area (Å²) in [6.07, 6.45) is -10.4. The fourth-order valence-electron chi connectivity index (χ4n) is 10.1. The number of carbonyl (C=O) groups is 6. The number of nitrogens with one attached hydrogen (secondary N) is 1. The molecule has 0 spiro atoms. The fraction of sp³-hybridized carbons (Fsp3) is 0.551. The van der Waals surface area contributed by atoms with Crippen molar-refractivity contribution < 1.29 is 77.2 Å². The highest BCUT2D eigenvalue weighted by Gasteiger charge is 2.78. The molecule has 2 aromatic carbocycles. The first-order valence-corrected chi connectivity index (χ1v) is 21.8. The van der Waals surface area contributed by atoms with Gasteiger partial charge in [-0.3, -0.25) is 9.59 Å². The van der Waals surface area contributed by atoms with Gasteiger partial charge in [-0.15, -0.1) is 0 Å². The standard InChI is InChI=1S/C49H61NO16/c1-25(2)20-31(50-44(58)66-45(5,6)7)36(53)43(57)62-32-23-49(59)40(64-41(55)28-16-13-12-14-17-28)38-47(10,33(52)22-34-48(38,24-61-34)65-27(4)51)39(54)37(35(26(32)3)46(49,8)9)63-42(56)29-18-15-19-30(21-29)60-11/h12-21,31-34,36-38,40,52-53,59H,22-24H2,1-11H3,(H,50,58)/t31-,32-,33-,34+,36+,37+,38-,40-,47+,48-,49+/m0/s1. The summed E-state index contributed by atoms with van der Waals surface area (Å²) in [4.78, 5) is 84.9. The lowest BCUT2D eigenvalue weighted by Gasteiger charge is -2.67. The molecule has 0 unspecified atom stereocenters. The van der Waals surface area contributed by atoms with Gasteiger partial charge in [0.2, 0.25) is 0 Å². The van der Waals surface area contributed by atoms with Crippen LogP contribution < -0.4 is 10.1 Å². The van der Waals surface area contributed by atoms with Crippen molar-refractivity contribution in [1.82, 2.24) is 5.32 Å². The van der Waals surface area contributed by atoms with Crippen molar-refractivity contribution in [2.45, 2.75) is 142 Å². The SMILES string of the molecule is COc1cccc(C(=O)O[C@H]2C(=O)[C@@]3(C)[C@H]([C@H](OC(=O)c4ccccc4)[C@]4(O)C[C@H](OC(=O)[C@H](O)[C@H](C=C(C)C)NC(=O)OC(C)(C)C)C(C)=C2C4(C)C)[C@]2(OC(C)=O)CO[C@@H]2C[C@@H]3O)c1. The van der Waals surface area contributed by atoms with Crippen LogP contribution in [-0.4, -0.2) is 124 Å². The maximum atomic E-state index is 15.9. The number of esters is 4. The first-order valence-electron chi connectivity index (χ1n) is 21.8. The van der Waals surface area contributed by atoms with E-state index in [4.69, 9.17) is 33.2 Å². The number of ether oxygens (including phenoxy) is 7. The van der Waals surface area contributed by atoms with Crippen molar-refractivity contribution in [3.8, 4) is 5.75 Å². The van der Waals surface area contributed by atoms with Gasteiger partial charge in [-0.05, 0) is 89.9 Å². The Morgan fingerprint density at radius 1 is 0.924 bits per heavy atom. The minimum absolute atomic E-state index is 0.0235. The summed E-state index contributed by atoms with van der Waals surface area (Å²) in [5.74, 6) is -6.25. The van der Waals surface area contributed by atoms with Crippen LogP contribution in [0.5, 0.6) is 5.75 Å². The van der Waals surface area contributed by atoms with E-state index in [1.165, 1.54) is 57.4 Å². The molecule has 3 fully saturated rings. The van der Waals surface area contributed by atoms with Gasteiger partial charge in [0.1, 0.15) is 35.3 Å². The molecule has 1 saturated heterocycles. The van der Waals surface area contributed by atoms with Gasteiger partial charge in [-0.1, -0.05) is 49.8 Å². The second-order valence-electron chi connectivity index (χ2n) is 19.6. The number of ketones is 1. The Balaban J connectivity index is 1.58. The molecule has 2 saturated carbocycles. The van der Waals surface area contributed by atoms with E-state index < -0.39 is 118 Å². The van der Waals surface area contributed by atoms with E-state index in [2.05, 4.69) is 5.32 Å². The van der Waals surface area contributed by atoms with Gasteiger partial charge < -0.3 is 53.8 Å². The molecule has 6 rings (SSSR count). The van der Waals surface area contributed by atoms with Gasteiger partial charge in [0.05, 0.1) is 48.3 Å². The maximum Gasteiger partial charge on any atom is 0.408 e. The number of hydrogen-bond donors (Lipinski definition) is 4. The molecule has 4 aliphatic rings. The minimum atomic E-state index is -2.45. The molecule has 1 amide bonds. The van der Waals surface area contributed by atoms with Crippen LogP contribution in [0, 0.1) is 16.7 Å². The zero-order chi connectivity index (χ0) is 48.9. The highest BCUT2D eigenvalue weighted by molar-refractivity contribution is 5.98. The van der Waals surface area contributed by atoms with Gasteiger partial charge >= 0.3 is 30.0 Å². The van der Waals surface area contributed by atoms with Gasteiger partial charge in [0.15, 0.2) is 23.6 Å². The molecule has 17 heteroatoms. The van der Waals surface area contributed by atoms with Crippen LogP contribution in [0.2, 0.25) is 0 Å².